The first-order valence-corrected chi connectivity index (χ1v) is 13.5. The molecule has 0 unspecified atom stereocenters. The molecule has 0 aliphatic carbocycles. The standard InChI is InChI=1S/C36H23N4O.Pt/c41-33-21-10-8-17-29(33)36-38-34-28(18-11-20-32(34)40(36)25-14-5-2-6-15-25)30-23-22-27-26-16-7-9-19-31(26)39(35(27)37-30)24-12-3-1-4-13-24;/h1-12,14-23,41H;/q-1;. The molecule has 0 bridgehead atoms. The van der Waals surface area contributed by atoms with Crippen LogP contribution in [-0.2, 0) is 21.1 Å². The average Bonchev–Trinajstić information content (AvgIpc) is 3.58. The zero-order valence-corrected chi connectivity index (χ0v) is 24.5. The molecule has 3 aromatic heterocycles. The van der Waals surface area contributed by atoms with Gasteiger partial charge in [0, 0.05) is 43.1 Å². The third-order valence-electron chi connectivity index (χ3n) is 7.58. The minimum atomic E-state index is 0. The van der Waals surface area contributed by atoms with E-state index in [-0.39, 0.29) is 26.8 Å². The van der Waals surface area contributed by atoms with Crippen LogP contribution in [0.15, 0.2) is 133 Å². The predicted molar refractivity (Wildman–Crippen MR) is 165 cm³/mol. The van der Waals surface area contributed by atoms with Crippen molar-refractivity contribution in [1.82, 2.24) is 19.1 Å². The Balaban J connectivity index is 0.00000288. The minimum absolute atomic E-state index is 0. The zero-order chi connectivity index (χ0) is 27.3. The Hall–Kier alpha value is -4.99. The number of hydrogen-bond acceptors (Lipinski definition) is 3. The number of pyridine rings is 1. The van der Waals surface area contributed by atoms with Crippen LogP contribution in [0.25, 0.3) is 67.0 Å². The van der Waals surface area contributed by atoms with Crippen LogP contribution >= 0.6 is 0 Å². The number of nitrogens with zero attached hydrogens (tertiary/aromatic N) is 4. The van der Waals surface area contributed by atoms with Crippen molar-refractivity contribution in [2.45, 2.75) is 0 Å². The number of phenols is 1. The van der Waals surface area contributed by atoms with E-state index in [0.29, 0.717) is 11.4 Å². The van der Waals surface area contributed by atoms with Crippen LogP contribution in [0, 0.1) is 6.07 Å². The number of fused-ring (bicyclic) bond motifs is 4. The number of imidazole rings is 1. The number of hydrogen-bond donors (Lipinski definition) is 1. The average molecular weight is 723 g/mol. The topological polar surface area (TPSA) is 55.9 Å². The van der Waals surface area contributed by atoms with Crippen LogP contribution in [0.1, 0.15) is 0 Å². The second-order valence-corrected chi connectivity index (χ2v) is 9.96. The third-order valence-corrected chi connectivity index (χ3v) is 7.58. The molecule has 0 saturated heterocycles. The molecule has 0 aliphatic rings. The van der Waals surface area contributed by atoms with Crippen molar-refractivity contribution in [2.75, 3.05) is 0 Å². The quantitative estimate of drug-likeness (QED) is 0.186. The first-order valence-electron chi connectivity index (χ1n) is 13.5. The summed E-state index contributed by atoms with van der Waals surface area (Å²) in [6.07, 6.45) is 0. The normalized spacial score (nSPS) is 11.2. The molecule has 0 fully saturated rings. The molecule has 6 heteroatoms. The number of benzene rings is 5. The van der Waals surface area contributed by atoms with Gasteiger partial charge in [-0.05, 0) is 48.5 Å². The minimum Gasteiger partial charge on any atom is -0.507 e. The maximum Gasteiger partial charge on any atom is 0.149 e. The predicted octanol–water partition coefficient (Wildman–Crippen LogP) is 8.35. The summed E-state index contributed by atoms with van der Waals surface area (Å²) in [5.41, 5.74) is 8.02. The maximum absolute atomic E-state index is 10.8. The summed E-state index contributed by atoms with van der Waals surface area (Å²) in [5, 5.41) is 13.0. The monoisotopic (exact) mass is 722 g/mol. The fourth-order valence-electron chi connectivity index (χ4n) is 5.74. The molecular formula is C36H23N4OPt-. The van der Waals surface area contributed by atoms with Gasteiger partial charge in [0.2, 0.25) is 0 Å². The summed E-state index contributed by atoms with van der Waals surface area (Å²) in [5.74, 6) is 0.857. The smallest absolute Gasteiger partial charge is 0.149 e. The molecule has 204 valence electrons. The molecule has 8 rings (SSSR count). The van der Waals surface area contributed by atoms with Gasteiger partial charge in [-0.1, -0.05) is 66.4 Å². The van der Waals surface area contributed by atoms with Crippen molar-refractivity contribution in [3.63, 3.8) is 0 Å². The Labute approximate surface area is 256 Å². The van der Waals surface area contributed by atoms with E-state index in [2.05, 4.69) is 81.9 Å². The Bertz CT molecular complexity index is 2220. The fourth-order valence-corrected chi connectivity index (χ4v) is 5.74. The van der Waals surface area contributed by atoms with E-state index in [1.54, 1.807) is 6.07 Å². The molecule has 0 amide bonds. The molecule has 0 radical (unpaired) electrons. The van der Waals surface area contributed by atoms with Crippen molar-refractivity contribution in [1.29, 1.82) is 0 Å². The first kappa shape index (κ1) is 25.9. The van der Waals surface area contributed by atoms with Gasteiger partial charge in [0.15, 0.2) is 0 Å². The van der Waals surface area contributed by atoms with Gasteiger partial charge in [-0.2, -0.15) is 24.3 Å². The molecule has 0 saturated carbocycles. The van der Waals surface area contributed by atoms with Crippen LogP contribution in [0.3, 0.4) is 0 Å². The largest absolute Gasteiger partial charge is 0.507 e. The Morgan fingerprint density at radius 3 is 2.14 bits per heavy atom. The number of aromatic hydroxyl groups is 1. The van der Waals surface area contributed by atoms with E-state index in [9.17, 15) is 5.11 Å². The molecule has 8 aromatic rings. The first-order chi connectivity index (χ1) is 20.3. The molecule has 1 N–H and O–H groups in total. The van der Waals surface area contributed by atoms with E-state index in [4.69, 9.17) is 9.97 Å². The van der Waals surface area contributed by atoms with Crippen LogP contribution in [0.5, 0.6) is 5.75 Å². The van der Waals surface area contributed by atoms with Crippen LogP contribution in [0.2, 0.25) is 0 Å². The van der Waals surface area contributed by atoms with Crippen molar-refractivity contribution < 1.29 is 26.2 Å². The number of phenolic OH excluding ortho intramolecular Hbond substituents is 1. The summed E-state index contributed by atoms with van der Waals surface area (Å²) in [6.45, 7) is 0. The summed E-state index contributed by atoms with van der Waals surface area (Å²) in [6, 6.07) is 47.6. The van der Waals surface area contributed by atoms with E-state index in [0.717, 1.165) is 55.6 Å². The summed E-state index contributed by atoms with van der Waals surface area (Å²) in [4.78, 5) is 10.4. The van der Waals surface area contributed by atoms with Gasteiger partial charge in [0.25, 0.3) is 0 Å². The third kappa shape index (κ3) is 4.05. The van der Waals surface area contributed by atoms with Crippen molar-refractivity contribution in [3.05, 3.63) is 140 Å². The summed E-state index contributed by atoms with van der Waals surface area (Å²) >= 11 is 0. The van der Waals surface area contributed by atoms with Gasteiger partial charge in [0.05, 0.1) is 27.8 Å². The van der Waals surface area contributed by atoms with Crippen molar-refractivity contribution in [2.24, 2.45) is 0 Å². The van der Waals surface area contributed by atoms with E-state index in [1.165, 1.54) is 0 Å². The Morgan fingerprint density at radius 2 is 1.31 bits per heavy atom. The molecule has 0 aliphatic heterocycles. The second-order valence-electron chi connectivity index (χ2n) is 9.96. The van der Waals surface area contributed by atoms with Crippen LogP contribution < -0.4 is 0 Å². The molecule has 5 nitrogen and oxygen atoms in total. The van der Waals surface area contributed by atoms with Crippen LogP contribution in [-0.4, -0.2) is 24.2 Å². The molecule has 5 aromatic carbocycles. The van der Waals surface area contributed by atoms with E-state index < -0.39 is 0 Å². The zero-order valence-electron chi connectivity index (χ0n) is 22.3. The Kier molecular flexibility index (Phi) is 6.45. The van der Waals surface area contributed by atoms with Gasteiger partial charge < -0.3 is 9.67 Å². The molecule has 0 atom stereocenters. The van der Waals surface area contributed by atoms with Gasteiger partial charge in [0.1, 0.15) is 17.2 Å². The van der Waals surface area contributed by atoms with E-state index in [1.807, 2.05) is 60.7 Å². The number of para-hydroxylation sites is 5. The van der Waals surface area contributed by atoms with Crippen LogP contribution in [0.4, 0.5) is 0 Å². The summed E-state index contributed by atoms with van der Waals surface area (Å²) in [7, 11) is 0. The molecule has 3 heterocycles. The molecular weight excluding hydrogens is 700 g/mol. The van der Waals surface area contributed by atoms with Gasteiger partial charge in [-0.25, -0.2) is 9.97 Å². The number of aromatic nitrogens is 4. The van der Waals surface area contributed by atoms with Crippen molar-refractivity contribution in [3.8, 4) is 39.8 Å². The SMILES string of the molecule is Oc1ccccc1-c1nc2c(-c3ccc4c5ccccc5n(-c5[c-]cccc5)c4n3)cccc2n1-c1ccccc1.[Pt]. The van der Waals surface area contributed by atoms with Gasteiger partial charge in [-0.3, -0.25) is 4.57 Å². The van der Waals surface area contributed by atoms with Crippen molar-refractivity contribution >= 4 is 33.0 Å². The molecule has 42 heavy (non-hydrogen) atoms. The molecule has 0 spiro atoms. The maximum atomic E-state index is 10.8. The summed E-state index contributed by atoms with van der Waals surface area (Å²) < 4.78 is 4.27. The second kappa shape index (κ2) is 10.4. The fraction of sp³-hybridized carbons (Fsp3) is 0. The van der Waals surface area contributed by atoms with E-state index >= 15 is 0 Å². The van der Waals surface area contributed by atoms with Gasteiger partial charge in [-0.15, -0.1) is 6.07 Å². The number of rotatable bonds is 4. The Morgan fingerprint density at radius 1 is 0.571 bits per heavy atom. The van der Waals surface area contributed by atoms with Gasteiger partial charge >= 0.3 is 0 Å².